The van der Waals surface area contributed by atoms with E-state index in [9.17, 15) is 13.6 Å². The Bertz CT molecular complexity index is 498. The molecule has 2 aliphatic rings. The number of halogens is 2. The highest BCUT2D eigenvalue weighted by molar-refractivity contribution is 5.75. The zero-order valence-corrected chi connectivity index (χ0v) is 11.1. The zero-order chi connectivity index (χ0) is 14.2. The molecule has 0 radical (unpaired) electrons. The molecule has 2 unspecified atom stereocenters. The van der Waals surface area contributed by atoms with Gasteiger partial charge in [-0.05, 0) is 18.5 Å². The van der Waals surface area contributed by atoms with Crippen LogP contribution in [0.4, 0.5) is 8.78 Å². The Kier molecular flexibility index (Phi) is 3.24. The molecule has 1 aliphatic heterocycles. The largest absolute Gasteiger partial charge is 0.461 e. The van der Waals surface area contributed by atoms with Crippen molar-refractivity contribution < 1.29 is 18.3 Å². The molecule has 0 bridgehead atoms. The number of carbonyl (C=O) groups excluding carboxylic acids is 1. The minimum atomic E-state index is -2.76. The summed E-state index contributed by atoms with van der Waals surface area (Å²) < 4.78 is 32.9. The fraction of sp³-hybridized carbons (Fsp3) is 0.533. The van der Waals surface area contributed by atoms with Crippen LogP contribution in [-0.4, -0.2) is 25.0 Å². The minimum Gasteiger partial charge on any atom is -0.461 e. The highest BCUT2D eigenvalue weighted by Gasteiger charge is 2.71. The number of benzene rings is 1. The first-order chi connectivity index (χ1) is 9.55. The number of rotatable bonds is 3. The topological polar surface area (TPSA) is 38.3 Å². The van der Waals surface area contributed by atoms with E-state index in [2.05, 4.69) is 5.32 Å². The van der Waals surface area contributed by atoms with Gasteiger partial charge in [-0.25, -0.2) is 8.78 Å². The van der Waals surface area contributed by atoms with Crippen LogP contribution in [0.2, 0.25) is 0 Å². The van der Waals surface area contributed by atoms with E-state index in [0.717, 1.165) is 5.56 Å². The summed E-state index contributed by atoms with van der Waals surface area (Å²) in [6, 6.07) is 9.26. The molecule has 2 atom stereocenters. The predicted octanol–water partition coefficient (Wildman–Crippen LogP) is 2.36. The van der Waals surface area contributed by atoms with Gasteiger partial charge in [0.1, 0.15) is 6.61 Å². The van der Waals surface area contributed by atoms with Crippen molar-refractivity contribution in [3.8, 4) is 0 Å². The summed E-state index contributed by atoms with van der Waals surface area (Å²) in [4.78, 5) is 12.1. The van der Waals surface area contributed by atoms with Crippen molar-refractivity contribution in [1.29, 1.82) is 0 Å². The van der Waals surface area contributed by atoms with Crippen molar-refractivity contribution >= 4 is 5.97 Å². The van der Waals surface area contributed by atoms with E-state index in [1.807, 2.05) is 30.3 Å². The lowest BCUT2D eigenvalue weighted by atomic mass is 9.56. The van der Waals surface area contributed by atoms with E-state index in [0.29, 0.717) is 13.0 Å². The van der Waals surface area contributed by atoms with Gasteiger partial charge in [0.05, 0.1) is 11.3 Å². The van der Waals surface area contributed by atoms with E-state index in [4.69, 9.17) is 4.74 Å². The molecule has 20 heavy (non-hydrogen) atoms. The second-order valence-corrected chi connectivity index (χ2v) is 5.64. The Morgan fingerprint density at radius 1 is 1.35 bits per heavy atom. The van der Waals surface area contributed by atoms with Crippen molar-refractivity contribution in [3.63, 3.8) is 0 Å². The molecule has 1 aliphatic carbocycles. The molecule has 1 saturated carbocycles. The molecule has 1 heterocycles. The molecule has 108 valence electrons. The van der Waals surface area contributed by atoms with Crippen LogP contribution < -0.4 is 5.32 Å². The standard InChI is InChI=1S/C15H17F2NO2/c16-15(17)8-12(14(15)6-7-18-10-14)13(19)20-9-11-4-2-1-3-5-11/h1-5,12,18H,6-10H2. The average molecular weight is 281 g/mol. The summed E-state index contributed by atoms with van der Waals surface area (Å²) in [6.07, 6.45) is -0.0482. The fourth-order valence-corrected chi connectivity index (χ4v) is 3.24. The van der Waals surface area contributed by atoms with E-state index < -0.39 is 23.2 Å². The Morgan fingerprint density at radius 2 is 2.10 bits per heavy atom. The van der Waals surface area contributed by atoms with Gasteiger partial charge in [-0.3, -0.25) is 4.79 Å². The van der Waals surface area contributed by atoms with Gasteiger partial charge in [0.2, 0.25) is 0 Å². The van der Waals surface area contributed by atoms with Crippen molar-refractivity contribution in [1.82, 2.24) is 5.32 Å². The van der Waals surface area contributed by atoms with Crippen LogP contribution in [0.25, 0.3) is 0 Å². The third-order valence-corrected chi connectivity index (χ3v) is 4.55. The maximum absolute atomic E-state index is 13.8. The monoisotopic (exact) mass is 281 g/mol. The summed E-state index contributed by atoms with van der Waals surface area (Å²) in [5, 5.41) is 2.94. The number of hydrogen-bond acceptors (Lipinski definition) is 3. The van der Waals surface area contributed by atoms with Crippen molar-refractivity contribution in [2.45, 2.75) is 25.4 Å². The number of hydrogen-bond donors (Lipinski definition) is 1. The molecule has 0 aromatic heterocycles. The lowest BCUT2D eigenvalue weighted by Crippen LogP contribution is -2.62. The first-order valence-electron chi connectivity index (χ1n) is 6.84. The van der Waals surface area contributed by atoms with Gasteiger partial charge in [-0.2, -0.15) is 0 Å². The third-order valence-electron chi connectivity index (χ3n) is 4.55. The van der Waals surface area contributed by atoms with Crippen LogP contribution in [0.5, 0.6) is 0 Å². The van der Waals surface area contributed by atoms with Crippen LogP contribution >= 0.6 is 0 Å². The van der Waals surface area contributed by atoms with Gasteiger partial charge in [0, 0.05) is 13.0 Å². The lowest BCUT2D eigenvalue weighted by Gasteiger charge is -2.51. The van der Waals surface area contributed by atoms with Gasteiger partial charge in [0.15, 0.2) is 0 Å². The van der Waals surface area contributed by atoms with Crippen molar-refractivity contribution in [2.24, 2.45) is 11.3 Å². The summed E-state index contributed by atoms with van der Waals surface area (Å²) in [5.41, 5.74) is -0.355. The number of carbonyl (C=O) groups is 1. The summed E-state index contributed by atoms with van der Waals surface area (Å²) in [5.74, 6) is -3.94. The zero-order valence-electron chi connectivity index (χ0n) is 11.1. The quantitative estimate of drug-likeness (QED) is 0.864. The van der Waals surface area contributed by atoms with Gasteiger partial charge >= 0.3 is 5.97 Å². The highest BCUT2D eigenvalue weighted by atomic mass is 19.3. The SMILES string of the molecule is O=C(OCc1ccccc1)C1CC(F)(F)C12CCNC2. The molecule has 1 aromatic carbocycles. The minimum absolute atomic E-state index is 0.144. The number of alkyl halides is 2. The Hall–Kier alpha value is -1.49. The van der Waals surface area contributed by atoms with Gasteiger partial charge < -0.3 is 10.1 Å². The van der Waals surface area contributed by atoms with Crippen molar-refractivity contribution in [3.05, 3.63) is 35.9 Å². The second-order valence-electron chi connectivity index (χ2n) is 5.64. The molecule has 1 spiro atoms. The molecular formula is C15H17F2NO2. The number of esters is 1. The Morgan fingerprint density at radius 3 is 2.70 bits per heavy atom. The van der Waals surface area contributed by atoms with E-state index in [-0.39, 0.29) is 19.6 Å². The van der Waals surface area contributed by atoms with E-state index in [1.165, 1.54) is 0 Å². The molecule has 5 heteroatoms. The summed E-state index contributed by atoms with van der Waals surface area (Å²) in [6.45, 7) is 0.883. The van der Waals surface area contributed by atoms with Crippen molar-refractivity contribution in [2.75, 3.05) is 13.1 Å². The molecular weight excluding hydrogens is 264 g/mol. The van der Waals surface area contributed by atoms with Crippen LogP contribution in [0.15, 0.2) is 30.3 Å². The first-order valence-corrected chi connectivity index (χ1v) is 6.84. The predicted molar refractivity (Wildman–Crippen MR) is 69.2 cm³/mol. The third kappa shape index (κ3) is 2.00. The number of nitrogens with one attached hydrogen (secondary N) is 1. The molecule has 1 saturated heterocycles. The van der Waals surface area contributed by atoms with Gasteiger partial charge in [0.25, 0.3) is 5.92 Å². The number of ether oxygens (including phenoxy) is 1. The van der Waals surface area contributed by atoms with Crippen LogP contribution in [-0.2, 0) is 16.1 Å². The highest BCUT2D eigenvalue weighted by Crippen LogP contribution is 2.61. The fourth-order valence-electron chi connectivity index (χ4n) is 3.24. The Balaban J connectivity index is 1.64. The van der Waals surface area contributed by atoms with Crippen LogP contribution in [0, 0.1) is 11.3 Å². The van der Waals surface area contributed by atoms with Crippen LogP contribution in [0.3, 0.4) is 0 Å². The Labute approximate surface area is 116 Å². The van der Waals surface area contributed by atoms with E-state index in [1.54, 1.807) is 0 Å². The molecule has 1 aromatic rings. The molecule has 3 nitrogen and oxygen atoms in total. The van der Waals surface area contributed by atoms with Gasteiger partial charge in [-0.1, -0.05) is 30.3 Å². The molecule has 2 fully saturated rings. The molecule has 1 N–H and O–H groups in total. The maximum Gasteiger partial charge on any atom is 0.310 e. The molecule has 0 amide bonds. The lowest BCUT2D eigenvalue weighted by molar-refractivity contribution is -0.242. The summed E-state index contributed by atoms with van der Waals surface area (Å²) >= 11 is 0. The average Bonchev–Trinajstić information content (AvgIpc) is 2.96. The molecule has 3 rings (SSSR count). The second kappa shape index (κ2) is 4.81. The van der Waals surface area contributed by atoms with E-state index >= 15 is 0 Å². The van der Waals surface area contributed by atoms with Gasteiger partial charge in [-0.15, -0.1) is 0 Å². The summed E-state index contributed by atoms with van der Waals surface area (Å²) in [7, 11) is 0. The smallest absolute Gasteiger partial charge is 0.310 e. The first kappa shape index (κ1) is 13.5. The maximum atomic E-state index is 13.8. The van der Waals surface area contributed by atoms with Crippen LogP contribution in [0.1, 0.15) is 18.4 Å². The normalized spacial score (nSPS) is 31.0.